The summed E-state index contributed by atoms with van der Waals surface area (Å²) in [7, 11) is 5.77. The molecule has 2 N–H and O–H groups in total. The van der Waals surface area contributed by atoms with Gasteiger partial charge in [-0.1, -0.05) is 6.92 Å². The quantitative estimate of drug-likeness (QED) is 0.664. The Hall–Kier alpha value is -1.56. The van der Waals surface area contributed by atoms with Crippen molar-refractivity contribution in [1.82, 2.24) is 14.9 Å². The Morgan fingerprint density at radius 2 is 1.79 bits per heavy atom. The number of hydrogen-bond donors (Lipinski definition) is 2. The normalized spacial score (nSPS) is 10.6. The maximum Gasteiger partial charge on any atom is 0.204 e. The zero-order chi connectivity index (χ0) is 14.1. The van der Waals surface area contributed by atoms with E-state index in [0.717, 1.165) is 44.1 Å². The molecule has 0 aromatic carbocycles. The van der Waals surface area contributed by atoms with Crippen LogP contribution in [-0.4, -0.2) is 55.7 Å². The van der Waals surface area contributed by atoms with Crippen LogP contribution in [0, 0.1) is 0 Å². The van der Waals surface area contributed by atoms with Crippen molar-refractivity contribution in [1.29, 1.82) is 0 Å². The van der Waals surface area contributed by atoms with Crippen molar-refractivity contribution < 1.29 is 4.74 Å². The average molecular weight is 267 g/mol. The van der Waals surface area contributed by atoms with Gasteiger partial charge in [-0.25, -0.2) is 9.97 Å². The summed E-state index contributed by atoms with van der Waals surface area (Å²) in [4.78, 5) is 10.6. The van der Waals surface area contributed by atoms with Gasteiger partial charge in [0.05, 0.1) is 7.11 Å². The van der Waals surface area contributed by atoms with Gasteiger partial charge in [0.25, 0.3) is 0 Å². The molecule has 1 aromatic heterocycles. The molecule has 0 aliphatic heterocycles. The van der Waals surface area contributed by atoms with Crippen molar-refractivity contribution >= 4 is 11.6 Å². The molecular weight excluding hydrogens is 242 g/mol. The molecule has 0 aliphatic rings. The second kappa shape index (κ2) is 8.53. The number of aromatic nitrogens is 2. The fourth-order valence-electron chi connectivity index (χ4n) is 1.66. The maximum absolute atomic E-state index is 5.39. The molecule has 0 spiro atoms. The lowest BCUT2D eigenvalue weighted by molar-refractivity contribution is 0.403. The molecule has 6 nitrogen and oxygen atoms in total. The highest BCUT2D eigenvalue weighted by atomic mass is 16.5. The van der Waals surface area contributed by atoms with Gasteiger partial charge in [-0.05, 0) is 33.5 Å². The van der Waals surface area contributed by atoms with Crippen LogP contribution in [-0.2, 0) is 0 Å². The van der Waals surface area contributed by atoms with Gasteiger partial charge in [0, 0.05) is 13.1 Å². The van der Waals surface area contributed by atoms with Crippen LogP contribution in [0.2, 0.25) is 0 Å². The lowest BCUT2D eigenvalue weighted by Crippen LogP contribution is -2.17. The van der Waals surface area contributed by atoms with E-state index in [4.69, 9.17) is 4.74 Å². The van der Waals surface area contributed by atoms with Gasteiger partial charge in [-0.2, -0.15) is 0 Å². The van der Waals surface area contributed by atoms with Gasteiger partial charge in [-0.15, -0.1) is 0 Å². The van der Waals surface area contributed by atoms with Gasteiger partial charge < -0.3 is 20.3 Å². The van der Waals surface area contributed by atoms with Crippen LogP contribution in [0.3, 0.4) is 0 Å². The molecule has 6 heteroatoms. The van der Waals surface area contributed by atoms with E-state index in [2.05, 4.69) is 46.5 Å². The van der Waals surface area contributed by atoms with E-state index >= 15 is 0 Å². The van der Waals surface area contributed by atoms with E-state index in [1.807, 2.05) is 0 Å². The number of nitrogens with zero attached hydrogens (tertiary/aromatic N) is 3. The fourth-order valence-corrected chi connectivity index (χ4v) is 1.66. The van der Waals surface area contributed by atoms with Gasteiger partial charge in [0.15, 0.2) is 11.6 Å². The third-order valence-corrected chi connectivity index (χ3v) is 2.62. The van der Waals surface area contributed by atoms with Crippen LogP contribution < -0.4 is 15.4 Å². The first kappa shape index (κ1) is 15.5. The second-order valence-corrected chi connectivity index (χ2v) is 4.61. The molecule has 0 aliphatic carbocycles. The van der Waals surface area contributed by atoms with Crippen LogP contribution in [0.15, 0.2) is 6.33 Å². The van der Waals surface area contributed by atoms with Crippen molar-refractivity contribution in [3.05, 3.63) is 6.33 Å². The van der Waals surface area contributed by atoms with Gasteiger partial charge in [0.2, 0.25) is 5.75 Å². The predicted molar refractivity (Wildman–Crippen MR) is 79.0 cm³/mol. The molecule has 1 rings (SSSR count). The first-order chi connectivity index (χ1) is 9.19. The van der Waals surface area contributed by atoms with Gasteiger partial charge >= 0.3 is 0 Å². The maximum atomic E-state index is 5.39. The van der Waals surface area contributed by atoms with Crippen molar-refractivity contribution in [2.24, 2.45) is 0 Å². The number of hydrogen-bond acceptors (Lipinski definition) is 6. The Kier molecular flexibility index (Phi) is 6.95. The summed E-state index contributed by atoms with van der Waals surface area (Å²) >= 11 is 0. The molecule has 0 amide bonds. The molecule has 19 heavy (non-hydrogen) atoms. The van der Waals surface area contributed by atoms with E-state index < -0.39 is 0 Å². The highest BCUT2D eigenvalue weighted by molar-refractivity contribution is 5.63. The topological polar surface area (TPSA) is 62.3 Å². The molecule has 0 radical (unpaired) electrons. The first-order valence-corrected chi connectivity index (χ1v) is 6.70. The Morgan fingerprint density at radius 3 is 2.32 bits per heavy atom. The number of nitrogens with one attached hydrogen (secondary N) is 2. The minimum atomic E-state index is 0.681. The van der Waals surface area contributed by atoms with Crippen molar-refractivity contribution in [3.8, 4) is 5.75 Å². The minimum Gasteiger partial charge on any atom is -0.490 e. The Balaban J connectivity index is 2.61. The van der Waals surface area contributed by atoms with Crippen molar-refractivity contribution in [3.63, 3.8) is 0 Å². The van der Waals surface area contributed by atoms with E-state index in [0.29, 0.717) is 5.75 Å². The highest BCUT2D eigenvalue weighted by Crippen LogP contribution is 2.28. The second-order valence-electron chi connectivity index (χ2n) is 4.61. The number of anilines is 2. The molecule has 108 valence electrons. The largest absolute Gasteiger partial charge is 0.490 e. The zero-order valence-corrected chi connectivity index (χ0v) is 12.4. The summed E-state index contributed by atoms with van der Waals surface area (Å²) < 4.78 is 5.39. The summed E-state index contributed by atoms with van der Waals surface area (Å²) in [5.74, 6) is 2.17. The fraction of sp³-hybridized carbons (Fsp3) is 0.692. The first-order valence-electron chi connectivity index (χ1n) is 6.70. The molecule has 0 unspecified atom stereocenters. The van der Waals surface area contributed by atoms with Gasteiger partial charge in [-0.3, -0.25) is 0 Å². The lowest BCUT2D eigenvalue weighted by Gasteiger charge is -2.14. The minimum absolute atomic E-state index is 0.681. The lowest BCUT2D eigenvalue weighted by atomic mass is 10.3. The molecule has 0 saturated heterocycles. The molecule has 0 bridgehead atoms. The molecular formula is C13H25N5O. The zero-order valence-electron chi connectivity index (χ0n) is 12.4. The van der Waals surface area contributed by atoms with Gasteiger partial charge in [0.1, 0.15) is 6.33 Å². The standard InChI is InChI=1S/C13H25N5O/c1-5-7-14-12-11(19-4)13(17-10-16-12)15-8-6-9-18(2)3/h10H,5-9H2,1-4H3,(H2,14,15,16,17). The third kappa shape index (κ3) is 5.30. The van der Waals surface area contributed by atoms with Crippen LogP contribution in [0.5, 0.6) is 5.75 Å². The van der Waals surface area contributed by atoms with Crippen molar-refractivity contribution in [2.45, 2.75) is 19.8 Å². The van der Waals surface area contributed by atoms with E-state index in [1.54, 1.807) is 13.4 Å². The highest BCUT2D eigenvalue weighted by Gasteiger charge is 2.10. The molecule has 0 saturated carbocycles. The smallest absolute Gasteiger partial charge is 0.204 e. The molecule has 1 heterocycles. The predicted octanol–water partition coefficient (Wildman–Crippen LogP) is 1.67. The van der Waals surface area contributed by atoms with Crippen LogP contribution >= 0.6 is 0 Å². The Labute approximate surface area is 115 Å². The van der Waals surface area contributed by atoms with E-state index in [9.17, 15) is 0 Å². The summed E-state index contributed by atoms with van der Waals surface area (Å²) in [5.41, 5.74) is 0. The Morgan fingerprint density at radius 1 is 1.16 bits per heavy atom. The third-order valence-electron chi connectivity index (χ3n) is 2.62. The van der Waals surface area contributed by atoms with Crippen LogP contribution in [0.1, 0.15) is 19.8 Å². The summed E-state index contributed by atoms with van der Waals surface area (Å²) in [6.07, 6.45) is 3.64. The number of ether oxygens (including phenoxy) is 1. The molecule has 0 atom stereocenters. The summed E-state index contributed by atoms with van der Waals surface area (Å²) in [6, 6.07) is 0. The molecule has 0 fully saturated rings. The SMILES string of the molecule is CCCNc1ncnc(NCCCN(C)C)c1OC. The van der Waals surface area contributed by atoms with Crippen molar-refractivity contribution in [2.75, 3.05) is 51.5 Å². The molecule has 1 aromatic rings. The Bertz CT molecular complexity index is 370. The monoisotopic (exact) mass is 267 g/mol. The number of rotatable bonds is 9. The summed E-state index contributed by atoms with van der Waals surface area (Å²) in [6.45, 7) is 4.88. The number of methoxy groups -OCH3 is 1. The summed E-state index contributed by atoms with van der Waals surface area (Å²) in [5, 5.41) is 6.53. The van der Waals surface area contributed by atoms with E-state index in [1.165, 1.54) is 0 Å². The van der Waals surface area contributed by atoms with Crippen LogP contribution in [0.4, 0.5) is 11.6 Å². The van der Waals surface area contributed by atoms with E-state index in [-0.39, 0.29) is 0 Å². The average Bonchev–Trinajstić information content (AvgIpc) is 2.41. The van der Waals surface area contributed by atoms with Crippen LogP contribution in [0.25, 0.3) is 0 Å².